The van der Waals surface area contributed by atoms with E-state index in [9.17, 15) is 20.4 Å². The summed E-state index contributed by atoms with van der Waals surface area (Å²) in [6.45, 7) is 0. The van der Waals surface area contributed by atoms with E-state index in [2.05, 4.69) is 21.9 Å². The van der Waals surface area contributed by atoms with Crippen LogP contribution in [0.5, 0.6) is 11.5 Å². The molecule has 0 atom stereocenters. The molecular formula is C40H42N4O4-2. The summed E-state index contributed by atoms with van der Waals surface area (Å²) in [4.78, 5) is 8.00. The van der Waals surface area contributed by atoms with Crippen molar-refractivity contribution in [2.75, 3.05) is 76.0 Å². The molecule has 0 aliphatic heterocycles. The Morgan fingerprint density at radius 1 is 0.479 bits per heavy atom. The van der Waals surface area contributed by atoms with Crippen LogP contribution in [-0.4, -0.2) is 78.8 Å². The van der Waals surface area contributed by atoms with Gasteiger partial charge in [-0.3, -0.25) is 0 Å². The van der Waals surface area contributed by atoms with Crippen molar-refractivity contribution >= 4 is 65.8 Å². The molecule has 1 fully saturated rings. The highest BCUT2D eigenvalue weighted by Crippen LogP contribution is 2.56. The average Bonchev–Trinajstić information content (AvgIpc) is 3.04. The Balaban J connectivity index is 1.48. The van der Waals surface area contributed by atoms with Crippen LogP contribution in [0.2, 0.25) is 0 Å². The highest BCUT2D eigenvalue weighted by molar-refractivity contribution is 6.19. The second-order valence-electron chi connectivity index (χ2n) is 14.0. The summed E-state index contributed by atoms with van der Waals surface area (Å²) in [7, 11) is 15.6. The molecular weight excluding hydrogens is 600 g/mol. The zero-order chi connectivity index (χ0) is 34.3. The lowest BCUT2D eigenvalue weighted by Gasteiger charge is -2.62. The van der Waals surface area contributed by atoms with Crippen molar-refractivity contribution in [3.63, 3.8) is 0 Å². The van der Waals surface area contributed by atoms with E-state index in [-0.39, 0.29) is 11.5 Å². The average molecular weight is 643 g/mol. The van der Waals surface area contributed by atoms with Gasteiger partial charge in [0.25, 0.3) is 0 Å². The second-order valence-corrected chi connectivity index (χ2v) is 14.0. The maximum absolute atomic E-state index is 14.6. The fraction of sp³-hybridized carbons (Fsp3) is 0.300. The fourth-order valence-electron chi connectivity index (χ4n) is 8.10. The molecule has 1 aliphatic rings. The molecule has 0 heterocycles. The molecule has 0 aromatic heterocycles. The Morgan fingerprint density at radius 3 is 1.17 bits per heavy atom. The van der Waals surface area contributed by atoms with E-state index < -0.39 is 24.0 Å². The van der Waals surface area contributed by atoms with Gasteiger partial charge in [0.15, 0.2) is 0 Å². The maximum Gasteiger partial charge on any atom is 0.121 e. The molecule has 0 bridgehead atoms. The van der Waals surface area contributed by atoms with Crippen LogP contribution in [0.3, 0.4) is 0 Å². The van der Waals surface area contributed by atoms with Crippen molar-refractivity contribution < 1.29 is 20.4 Å². The minimum absolute atomic E-state index is 0.0609. The molecule has 0 radical (unpaired) electrons. The summed E-state index contributed by atoms with van der Waals surface area (Å²) in [5, 5.41) is 59.6. The topological polar surface area (TPSA) is 99.5 Å². The van der Waals surface area contributed by atoms with Crippen molar-refractivity contribution in [2.45, 2.75) is 24.0 Å². The number of hydrogen-bond acceptors (Lipinski definition) is 8. The summed E-state index contributed by atoms with van der Waals surface area (Å²) in [6, 6.07) is 23.5. The van der Waals surface area contributed by atoms with Crippen molar-refractivity contribution in [1.82, 2.24) is 0 Å². The van der Waals surface area contributed by atoms with Crippen LogP contribution >= 0.6 is 0 Å². The predicted octanol–water partition coefficient (Wildman–Crippen LogP) is 5.31. The summed E-state index contributed by atoms with van der Waals surface area (Å²) in [5.74, 6) is -2.15. The van der Waals surface area contributed by atoms with E-state index in [0.717, 1.165) is 55.1 Å². The minimum atomic E-state index is -1.39. The third kappa shape index (κ3) is 4.50. The first-order chi connectivity index (χ1) is 22.8. The zero-order valence-electron chi connectivity index (χ0n) is 28.7. The molecule has 0 amide bonds. The normalized spacial score (nSPS) is 19.2. The number of anilines is 4. The number of hydrogen-bond donors (Lipinski definition) is 2. The first-order valence-corrected chi connectivity index (χ1v) is 16.3. The lowest BCUT2D eigenvalue weighted by atomic mass is 9.61. The number of fused-ring (bicyclic) bond motifs is 4. The van der Waals surface area contributed by atoms with Gasteiger partial charge in [0.1, 0.15) is 11.5 Å². The van der Waals surface area contributed by atoms with Gasteiger partial charge in [-0.05, 0) is 45.5 Å². The van der Waals surface area contributed by atoms with E-state index in [1.807, 2.05) is 115 Å². The standard InChI is InChI=1S/C40H42N4O4/c1-41(2)27-19-29(45)33(25-17-21-13-9-11-15-23(21)37(31(25)27)43(5)6)35-39(47)36(40(35)48)34-26-18-22-14-10-12-16-24(22)38(44(7)8)32(26)28(42(3)4)20-30(34)46/h9-20,35-36,39-40,45-46H,1-8H3/q-2. The SMILES string of the molecule is CN(C)c1cc(O)c(C2C([O-])C(c3c(O)cc(N(C)C)c4c(N(C)C)c5ccccc5cc34)C2[O-])c2cc3ccccc3c(N(C)C)c12. The Labute approximate surface area is 281 Å². The third-order valence-electron chi connectivity index (χ3n) is 10.2. The molecule has 248 valence electrons. The van der Waals surface area contributed by atoms with E-state index in [1.54, 1.807) is 12.1 Å². The van der Waals surface area contributed by atoms with Crippen LogP contribution in [0.4, 0.5) is 22.7 Å². The molecule has 0 unspecified atom stereocenters. The van der Waals surface area contributed by atoms with Gasteiger partial charge in [0.05, 0.1) is 11.4 Å². The Bertz CT molecular complexity index is 2080. The predicted molar refractivity (Wildman–Crippen MR) is 197 cm³/mol. The number of phenolic OH excluding ortho intramolecular Hbond substituents is 2. The number of benzene rings is 6. The highest BCUT2D eigenvalue weighted by Gasteiger charge is 2.43. The summed E-state index contributed by atoms with van der Waals surface area (Å²) >= 11 is 0. The Hall–Kier alpha value is -4.92. The van der Waals surface area contributed by atoms with Crippen molar-refractivity contribution in [1.29, 1.82) is 0 Å². The largest absolute Gasteiger partial charge is 0.851 e. The number of nitrogens with zero attached hydrogens (tertiary/aromatic N) is 4. The van der Waals surface area contributed by atoms with Gasteiger partial charge in [-0.15, -0.1) is 12.2 Å². The van der Waals surface area contributed by atoms with E-state index >= 15 is 0 Å². The molecule has 0 saturated heterocycles. The third-order valence-corrected chi connectivity index (χ3v) is 10.2. The fourth-order valence-corrected chi connectivity index (χ4v) is 8.10. The maximum atomic E-state index is 14.6. The van der Waals surface area contributed by atoms with Gasteiger partial charge >= 0.3 is 0 Å². The van der Waals surface area contributed by atoms with E-state index in [0.29, 0.717) is 21.9 Å². The van der Waals surface area contributed by atoms with Crippen molar-refractivity contribution in [3.8, 4) is 11.5 Å². The van der Waals surface area contributed by atoms with Gasteiger partial charge in [-0.1, -0.05) is 48.5 Å². The summed E-state index contributed by atoms with van der Waals surface area (Å²) < 4.78 is 0. The van der Waals surface area contributed by atoms with Gasteiger partial charge in [0.2, 0.25) is 0 Å². The van der Waals surface area contributed by atoms with Gasteiger partial charge in [-0.25, -0.2) is 0 Å². The molecule has 8 nitrogen and oxygen atoms in total. The smallest absolute Gasteiger partial charge is 0.121 e. The Morgan fingerprint density at radius 2 is 0.833 bits per heavy atom. The first-order valence-electron chi connectivity index (χ1n) is 16.3. The molecule has 0 spiro atoms. The molecule has 8 heteroatoms. The zero-order valence-corrected chi connectivity index (χ0v) is 28.7. The van der Waals surface area contributed by atoms with E-state index in [1.165, 1.54) is 0 Å². The summed E-state index contributed by atoms with van der Waals surface area (Å²) in [6.07, 6.45) is -2.79. The molecule has 1 aliphatic carbocycles. The van der Waals surface area contributed by atoms with Gasteiger partial charge in [0, 0.05) is 113 Å². The van der Waals surface area contributed by atoms with Crippen LogP contribution in [0.15, 0.2) is 72.8 Å². The number of phenols is 2. The summed E-state index contributed by atoms with van der Waals surface area (Å²) in [5.41, 5.74) is 4.28. The molecule has 2 N–H and O–H groups in total. The molecule has 48 heavy (non-hydrogen) atoms. The van der Waals surface area contributed by atoms with Crippen molar-refractivity contribution in [2.24, 2.45) is 0 Å². The second kappa shape index (κ2) is 11.4. The van der Waals surface area contributed by atoms with Crippen LogP contribution in [-0.2, 0) is 0 Å². The Kier molecular flexibility index (Phi) is 7.49. The molecule has 1 saturated carbocycles. The van der Waals surface area contributed by atoms with Crippen LogP contribution in [0.1, 0.15) is 23.0 Å². The van der Waals surface area contributed by atoms with Crippen LogP contribution in [0.25, 0.3) is 43.1 Å². The molecule has 6 aromatic rings. The lowest BCUT2D eigenvalue weighted by molar-refractivity contribution is -0.535. The van der Waals surface area contributed by atoms with Crippen LogP contribution in [0, 0.1) is 0 Å². The van der Waals surface area contributed by atoms with E-state index in [4.69, 9.17) is 0 Å². The van der Waals surface area contributed by atoms with Crippen LogP contribution < -0.4 is 29.8 Å². The van der Waals surface area contributed by atoms with Gasteiger partial charge in [-0.2, -0.15) is 0 Å². The minimum Gasteiger partial charge on any atom is -0.851 e. The number of aromatic hydroxyl groups is 2. The first kappa shape index (κ1) is 31.7. The highest BCUT2D eigenvalue weighted by atomic mass is 16.3. The van der Waals surface area contributed by atoms with Crippen molar-refractivity contribution in [3.05, 3.63) is 83.9 Å². The molecule has 6 aromatic carbocycles. The van der Waals surface area contributed by atoms with Gasteiger partial charge < -0.3 is 40.0 Å². The number of rotatable bonds is 6. The lowest BCUT2D eigenvalue weighted by Crippen LogP contribution is -2.63. The monoisotopic (exact) mass is 642 g/mol. The molecule has 7 rings (SSSR count). The quantitative estimate of drug-likeness (QED) is 0.236.